The fourth-order valence-electron chi connectivity index (χ4n) is 1.85. The molecule has 2 aromatic rings. The van der Waals surface area contributed by atoms with Crippen LogP contribution in [0.25, 0.3) is 0 Å². The molecule has 2 aromatic carbocycles. The van der Waals surface area contributed by atoms with Gasteiger partial charge in [0.1, 0.15) is 23.1 Å². The van der Waals surface area contributed by atoms with Gasteiger partial charge in [0.15, 0.2) is 11.6 Å². The highest BCUT2D eigenvalue weighted by atomic mass is 19.1. The Kier molecular flexibility index (Phi) is 3.83. The van der Waals surface area contributed by atoms with E-state index < -0.39 is 35.0 Å². The molecule has 1 atom stereocenters. The summed E-state index contributed by atoms with van der Waals surface area (Å²) in [6, 6.07) is 3.53. The van der Waals surface area contributed by atoms with Crippen molar-refractivity contribution in [2.45, 2.75) is 13.0 Å². The van der Waals surface area contributed by atoms with Gasteiger partial charge in [-0.3, -0.25) is 0 Å². The molecule has 0 aliphatic carbocycles. The molecule has 6 heteroatoms. The van der Waals surface area contributed by atoms with E-state index in [2.05, 4.69) is 5.32 Å². The second-order valence-corrected chi connectivity index (χ2v) is 4.31. The highest BCUT2D eigenvalue weighted by molar-refractivity contribution is 5.49. The summed E-state index contributed by atoms with van der Waals surface area (Å²) in [6.07, 6.45) is 0. The summed E-state index contributed by atoms with van der Waals surface area (Å²) in [5, 5.41) is 12.1. The first-order valence-electron chi connectivity index (χ1n) is 5.78. The van der Waals surface area contributed by atoms with Crippen molar-refractivity contribution in [1.82, 2.24) is 0 Å². The van der Waals surface area contributed by atoms with E-state index in [1.54, 1.807) is 0 Å². The first kappa shape index (κ1) is 14.2. The highest BCUT2D eigenvalue weighted by Gasteiger charge is 2.17. The van der Waals surface area contributed by atoms with Gasteiger partial charge in [-0.15, -0.1) is 0 Å². The molecule has 2 nitrogen and oxygen atoms in total. The number of aromatic hydroxyl groups is 1. The number of nitrogens with one attached hydrogen (secondary N) is 1. The Morgan fingerprint density at radius 1 is 0.950 bits per heavy atom. The van der Waals surface area contributed by atoms with E-state index in [4.69, 9.17) is 0 Å². The molecule has 0 spiro atoms. The van der Waals surface area contributed by atoms with Crippen LogP contribution in [0.1, 0.15) is 18.5 Å². The van der Waals surface area contributed by atoms with Crippen LogP contribution < -0.4 is 5.32 Å². The molecule has 0 radical (unpaired) electrons. The van der Waals surface area contributed by atoms with Crippen LogP contribution in [0.4, 0.5) is 23.2 Å². The Hall–Kier alpha value is -2.24. The first-order chi connectivity index (χ1) is 9.38. The number of rotatable bonds is 3. The highest BCUT2D eigenvalue weighted by Crippen LogP contribution is 2.30. The van der Waals surface area contributed by atoms with Gasteiger partial charge in [-0.25, -0.2) is 17.6 Å². The average molecular weight is 285 g/mol. The molecule has 2 N–H and O–H groups in total. The Bertz CT molecular complexity index is 622. The molecule has 106 valence electrons. The molecule has 0 bridgehead atoms. The van der Waals surface area contributed by atoms with Crippen molar-refractivity contribution in [3.63, 3.8) is 0 Å². The molecule has 0 aliphatic heterocycles. The Balaban J connectivity index is 2.32. The molecule has 0 aliphatic rings. The Morgan fingerprint density at radius 3 is 2.15 bits per heavy atom. The maximum Gasteiger partial charge on any atom is 0.152 e. The molecule has 0 saturated carbocycles. The molecule has 0 amide bonds. The third-order valence-corrected chi connectivity index (χ3v) is 2.82. The Labute approximate surface area is 112 Å². The number of anilines is 1. The van der Waals surface area contributed by atoms with Gasteiger partial charge in [-0.05, 0) is 25.1 Å². The molecule has 0 saturated heterocycles. The number of benzene rings is 2. The lowest BCUT2D eigenvalue weighted by molar-refractivity contribution is 0.462. The fourth-order valence-corrected chi connectivity index (χ4v) is 1.85. The maximum absolute atomic E-state index is 13.5. The summed E-state index contributed by atoms with van der Waals surface area (Å²) in [5.74, 6) is -4.05. The summed E-state index contributed by atoms with van der Waals surface area (Å²) < 4.78 is 52.9. The second-order valence-electron chi connectivity index (χ2n) is 4.31. The van der Waals surface area contributed by atoms with Crippen molar-refractivity contribution in [3.05, 3.63) is 59.2 Å². The largest absolute Gasteiger partial charge is 0.508 e. The minimum absolute atomic E-state index is 0.133. The normalized spacial score (nSPS) is 12.2. The standard InChI is InChI=1S/C14H11F4NO/c1-7(10-4-8(15)2-3-13(10)20)19-14-11(17)5-9(16)6-12(14)18/h2-7,19-20H,1H3. The van der Waals surface area contributed by atoms with E-state index in [0.29, 0.717) is 12.1 Å². The molecule has 1 unspecified atom stereocenters. The summed E-state index contributed by atoms with van der Waals surface area (Å²) in [4.78, 5) is 0. The van der Waals surface area contributed by atoms with E-state index >= 15 is 0 Å². The maximum atomic E-state index is 13.5. The zero-order valence-corrected chi connectivity index (χ0v) is 10.4. The summed E-state index contributed by atoms with van der Waals surface area (Å²) in [6.45, 7) is 1.48. The van der Waals surface area contributed by atoms with Crippen LogP contribution in [-0.2, 0) is 0 Å². The van der Waals surface area contributed by atoms with Gasteiger partial charge >= 0.3 is 0 Å². The molecular formula is C14H11F4NO. The van der Waals surface area contributed by atoms with Gasteiger partial charge in [0.25, 0.3) is 0 Å². The van der Waals surface area contributed by atoms with Gasteiger partial charge in [0.05, 0.1) is 6.04 Å². The number of halogens is 4. The van der Waals surface area contributed by atoms with Crippen LogP contribution in [0.2, 0.25) is 0 Å². The monoisotopic (exact) mass is 285 g/mol. The van der Waals surface area contributed by atoms with Crippen LogP contribution in [0.15, 0.2) is 30.3 Å². The first-order valence-corrected chi connectivity index (χ1v) is 5.78. The second kappa shape index (κ2) is 5.40. The van der Waals surface area contributed by atoms with Crippen molar-refractivity contribution < 1.29 is 22.7 Å². The topological polar surface area (TPSA) is 32.3 Å². The zero-order valence-electron chi connectivity index (χ0n) is 10.4. The SMILES string of the molecule is CC(Nc1c(F)cc(F)cc1F)c1cc(F)ccc1O. The molecule has 0 fully saturated rings. The van der Waals surface area contributed by atoms with E-state index in [-0.39, 0.29) is 11.3 Å². The van der Waals surface area contributed by atoms with E-state index in [9.17, 15) is 22.7 Å². The third kappa shape index (κ3) is 2.84. The van der Waals surface area contributed by atoms with Crippen LogP contribution in [0, 0.1) is 23.3 Å². The number of phenolic OH excluding ortho intramolecular Hbond substituents is 1. The lowest BCUT2D eigenvalue weighted by Gasteiger charge is -2.18. The molecule has 2 rings (SSSR count). The predicted octanol–water partition coefficient (Wildman–Crippen LogP) is 4.12. The van der Waals surface area contributed by atoms with Gasteiger partial charge in [-0.2, -0.15) is 0 Å². The third-order valence-electron chi connectivity index (χ3n) is 2.82. The summed E-state index contributed by atoms with van der Waals surface area (Å²) in [7, 11) is 0. The number of hydrogen-bond acceptors (Lipinski definition) is 2. The molecule has 0 aromatic heterocycles. The van der Waals surface area contributed by atoms with Crippen molar-refractivity contribution in [2.24, 2.45) is 0 Å². The van der Waals surface area contributed by atoms with Crippen molar-refractivity contribution in [2.75, 3.05) is 5.32 Å². The van der Waals surface area contributed by atoms with Gasteiger partial charge in [0, 0.05) is 17.7 Å². The quantitative estimate of drug-likeness (QED) is 0.831. The van der Waals surface area contributed by atoms with Gasteiger partial charge in [-0.1, -0.05) is 0 Å². The smallest absolute Gasteiger partial charge is 0.152 e. The molecular weight excluding hydrogens is 274 g/mol. The average Bonchev–Trinajstić information content (AvgIpc) is 2.36. The van der Waals surface area contributed by atoms with E-state index in [1.807, 2.05) is 0 Å². The van der Waals surface area contributed by atoms with Crippen molar-refractivity contribution >= 4 is 5.69 Å². The predicted molar refractivity (Wildman–Crippen MR) is 66.4 cm³/mol. The Morgan fingerprint density at radius 2 is 1.55 bits per heavy atom. The minimum atomic E-state index is -1.11. The number of hydrogen-bond donors (Lipinski definition) is 2. The van der Waals surface area contributed by atoms with Crippen LogP contribution >= 0.6 is 0 Å². The zero-order chi connectivity index (χ0) is 14.9. The van der Waals surface area contributed by atoms with Gasteiger partial charge in [0.2, 0.25) is 0 Å². The minimum Gasteiger partial charge on any atom is -0.508 e. The fraction of sp³-hybridized carbons (Fsp3) is 0.143. The lowest BCUT2D eigenvalue weighted by Crippen LogP contribution is -2.10. The van der Waals surface area contributed by atoms with Crippen LogP contribution in [0.3, 0.4) is 0 Å². The van der Waals surface area contributed by atoms with Crippen LogP contribution in [-0.4, -0.2) is 5.11 Å². The van der Waals surface area contributed by atoms with Crippen molar-refractivity contribution in [1.29, 1.82) is 0 Å². The molecule has 20 heavy (non-hydrogen) atoms. The van der Waals surface area contributed by atoms with Crippen molar-refractivity contribution in [3.8, 4) is 5.75 Å². The lowest BCUT2D eigenvalue weighted by atomic mass is 10.1. The van der Waals surface area contributed by atoms with E-state index in [1.165, 1.54) is 6.92 Å². The molecule has 0 heterocycles. The van der Waals surface area contributed by atoms with Gasteiger partial charge < -0.3 is 10.4 Å². The van der Waals surface area contributed by atoms with E-state index in [0.717, 1.165) is 18.2 Å². The summed E-state index contributed by atoms with van der Waals surface area (Å²) >= 11 is 0. The van der Waals surface area contributed by atoms with Crippen LogP contribution in [0.5, 0.6) is 5.75 Å². The number of phenols is 1. The summed E-state index contributed by atoms with van der Waals surface area (Å²) in [5.41, 5.74) is -0.407.